The van der Waals surface area contributed by atoms with E-state index in [0.717, 1.165) is 0 Å². The van der Waals surface area contributed by atoms with Crippen LogP contribution < -0.4 is 19.8 Å². The van der Waals surface area contributed by atoms with Crippen molar-refractivity contribution in [3.8, 4) is 11.5 Å². The number of nitrogens with one attached hydrogen (secondary N) is 2. The summed E-state index contributed by atoms with van der Waals surface area (Å²) in [6.07, 6.45) is 1.50. The Bertz CT molecular complexity index is 876. The number of anilines is 1. The van der Waals surface area contributed by atoms with Crippen LogP contribution in [0.2, 0.25) is 0 Å². The summed E-state index contributed by atoms with van der Waals surface area (Å²) in [5.41, 5.74) is 3.30. The molecule has 2 aliphatic rings. The highest BCUT2D eigenvalue weighted by Crippen LogP contribution is 2.37. The van der Waals surface area contributed by atoms with Crippen LogP contribution in [0.5, 0.6) is 11.5 Å². The quantitative estimate of drug-likeness (QED) is 0.796. The van der Waals surface area contributed by atoms with Gasteiger partial charge in [0.15, 0.2) is 11.5 Å². The SMILES string of the molecule is O=C(Nn1cn[nH]c1=S)C1CC(=O)N(c2ccc3c(c2)OCO3)C1. The predicted octanol–water partition coefficient (Wildman–Crippen LogP) is 0.793. The molecule has 0 saturated carbocycles. The van der Waals surface area contributed by atoms with E-state index in [2.05, 4.69) is 15.6 Å². The highest BCUT2D eigenvalue weighted by atomic mass is 32.1. The zero-order valence-electron chi connectivity index (χ0n) is 12.4. The van der Waals surface area contributed by atoms with Gasteiger partial charge in [0.2, 0.25) is 23.4 Å². The molecule has 0 spiro atoms. The van der Waals surface area contributed by atoms with Crippen LogP contribution in [-0.4, -0.2) is 40.0 Å². The van der Waals surface area contributed by atoms with E-state index in [1.54, 1.807) is 23.1 Å². The molecule has 1 saturated heterocycles. The molecule has 1 unspecified atom stereocenters. The first-order chi connectivity index (χ1) is 11.6. The van der Waals surface area contributed by atoms with Crippen LogP contribution in [0.1, 0.15) is 6.42 Å². The molecule has 1 atom stereocenters. The number of fused-ring (bicyclic) bond motifs is 1. The maximum Gasteiger partial charge on any atom is 0.244 e. The first kappa shape index (κ1) is 14.7. The molecule has 1 fully saturated rings. The largest absolute Gasteiger partial charge is 0.454 e. The monoisotopic (exact) mass is 347 g/mol. The van der Waals surface area contributed by atoms with Crippen molar-refractivity contribution >= 4 is 29.7 Å². The highest BCUT2D eigenvalue weighted by Gasteiger charge is 2.36. The molecular formula is C14H13N5O4S. The minimum absolute atomic E-state index is 0.121. The van der Waals surface area contributed by atoms with Gasteiger partial charge in [0.25, 0.3) is 0 Å². The lowest BCUT2D eigenvalue weighted by Crippen LogP contribution is -2.31. The Hall–Kier alpha value is -2.88. The second-order valence-electron chi connectivity index (χ2n) is 5.45. The minimum atomic E-state index is -0.472. The van der Waals surface area contributed by atoms with Crippen molar-refractivity contribution in [1.82, 2.24) is 14.9 Å². The molecule has 2 aliphatic heterocycles. The molecule has 10 heteroatoms. The third-order valence-electron chi connectivity index (χ3n) is 3.95. The number of carbonyl (C=O) groups excluding carboxylic acids is 2. The van der Waals surface area contributed by atoms with E-state index in [1.165, 1.54) is 11.0 Å². The van der Waals surface area contributed by atoms with Crippen molar-refractivity contribution in [3.63, 3.8) is 0 Å². The third kappa shape index (κ3) is 2.50. The Kier molecular flexibility index (Phi) is 3.45. The summed E-state index contributed by atoms with van der Waals surface area (Å²) in [4.78, 5) is 26.2. The van der Waals surface area contributed by atoms with E-state index in [0.29, 0.717) is 17.2 Å². The van der Waals surface area contributed by atoms with Gasteiger partial charge in [-0.3, -0.25) is 20.1 Å². The van der Waals surface area contributed by atoms with Crippen molar-refractivity contribution in [2.45, 2.75) is 6.42 Å². The molecule has 0 bridgehead atoms. The molecule has 9 nitrogen and oxygen atoms in total. The summed E-state index contributed by atoms with van der Waals surface area (Å²) < 4.78 is 12.2. The number of aromatic amines is 1. The number of carbonyl (C=O) groups is 2. The number of ether oxygens (including phenoxy) is 2. The van der Waals surface area contributed by atoms with E-state index in [4.69, 9.17) is 21.7 Å². The van der Waals surface area contributed by atoms with Crippen molar-refractivity contribution in [2.24, 2.45) is 5.92 Å². The number of H-pyrrole nitrogens is 1. The summed E-state index contributed by atoms with van der Waals surface area (Å²) in [5.74, 6) is 0.362. The van der Waals surface area contributed by atoms with Crippen molar-refractivity contribution < 1.29 is 19.1 Å². The van der Waals surface area contributed by atoms with Crippen LogP contribution >= 0.6 is 12.2 Å². The Morgan fingerprint density at radius 3 is 3.00 bits per heavy atom. The van der Waals surface area contributed by atoms with E-state index >= 15 is 0 Å². The average molecular weight is 347 g/mol. The number of aromatic nitrogens is 3. The Morgan fingerprint density at radius 1 is 1.38 bits per heavy atom. The standard InChI is InChI=1S/C14H13N5O4S/c20-12-3-8(13(21)17-19-6-15-16-14(19)24)5-18(12)9-1-2-10-11(4-9)23-7-22-10/h1-2,4,6,8H,3,5,7H2,(H,16,24)(H,17,21). The first-order valence-electron chi connectivity index (χ1n) is 7.25. The van der Waals surface area contributed by atoms with E-state index in [1.807, 2.05) is 0 Å². The second kappa shape index (κ2) is 5.64. The van der Waals surface area contributed by atoms with Gasteiger partial charge in [-0.2, -0.15) is 5.10 Å². The summed E-state index contributed by atoms with van der Waals surface area (Å²) in [6, 6.07) is 5.27. The average Bonchev–Trinajstić information content (AvgIpc) is 3.27. The second-order valence-corrected chi connectivity index (χ2v) is 5.84. The van der Waals surface area contributed by atoms with E-state index < -0.39 is 5.92 Å². The van der Waals surface area contributed by atoms with Crippen LogP contribution in [0, 0.1) is 10.7 Å². The van der Waals surface area contributed by atoms with Gasteiger partial charge in [0.05, 0.1) is 5.92 Å². The number of amides is 2. The van der Waals surface area contributed by atoms with Crippen LogP contribution in [0.25, 0.3) is 0 Å². The number of nitrogens with zero attached hydrogens (tertiary/aromatic N) is 3. The van der Waals surface area contributed by atoms with Crippen LogP contribution in [0.15, 0.2) is 24.5 Å². The number of benzene rings is 1. The molecular weight excluding hydrogens is 334 g/mol. The summed E-state index contributed by atoms with van der Waals surface area (Å²) >= 11 is 4.97. The molecule has 0 aliphatic carbocycles. The number of hydrogen-bond acceptors (Lipinski definition) is 6. The predicted molar refractivity (Wildman–Crippen MR) is 84.8 cm³/mol. The highest BCUT2D eigenvalue weighted by molar-refractivity contribution is 7.71. The summed E-state index contributed by atoms with van der Waals surface area (Å²) in [7, 11) is 0. The zero-order chi connectivity index (χ0) is 16.7. The summed E-state index contributed by atoms with van der Waals surface area (Å²) in [5, 5.41) is 6.27. The fourth-order valence-corrected chi connectivity index (χ4v) is 2.87. The lowest BCUT2D eigenvalue weighted by atomic mass is 10.1. The normalized spacial score (nSPS) is 18.9. The molecule has 3 heterocycles. The molecule has 124 valence electrons. The van der Waals surface area contributed by atoms with Crippen LogP contribution in [0.4, 0.5) is 5.69 Å². The Morgan fingerprint density at radius 2 is 2.21 bits per heavy atom. The van der Waals surface area contributed by atoms with Gasteiger partial charge in [0.1, 0.15) is 6.33 Å². The van der Waals surface area contributed by atoms with Crippen molar-refractivity contribution in [1.29, 1.82) is 0 Å². The maximum absolute atomic E-state index is 12.3. The third-order valence-corrected chi connectivity index (χ3v) is 4.23. The van der Waals surface area contributed by atoms with Gasteiger partial charge >= 0.3 is 0 Å². The van der Waals surface area contributed by atoms with E-state index in [9.17, 15) is 9.59 Å². The fraction of sp³-hybridized carbons (Fsp3) is 0.286. The van der Waals surface area contributed by atoms with Crippen LogP contribution in [0.3, 0.4) is 0 Å². The van der Waals surface area contributed by atoms with Gasteiger partial charge in [-0.25, -0.2) is 4.68 Å². The molecule has 1 aromatic heterocycles. The molecule has 4 rings (SSSR count). The molecule has 2 amide bonds. The van der Waals surface area contributed by atoms with E-state index in [-0.39, 0.29) is 36.3 Å². The van der Waals surface area contributed by atoms with Crippen molar-refractivity contribution in [3.05, 3.63) is 29.3 Å². The molecule has 0 radical (unpaired) electrons. The summed E-state index contributed by atoms with van der Waals surface area (Å²) in [6.45, 7) is 0.457. The molecule has 2 N–H and O–H groups in total. The van der Waals surface area contributed by atoms with Gasteiger partial charge in [-0.05, 0) is 24.4 Å². The van der Waals surface area contributed by atoms with Gasteiger partial charge < -0.3 is 14.4 Å². The van der Waals surface area contributed by atoms with Gasteiger partial charge in [-0.15, -0.1) is 0 Å². The van der Waals surface area contributed by atoms with Crippen molar-refractivity contribution in [2.75, 3.05) is 23.7 Å². The first-order valence-corrected chi connectivity index (χ1v) is 7.65. The van der Waals surface area contributed by atoms with Gasteiger partial charge in [0, 0.05) is 24.7 Å². The lowest BCUT2D eigenvalue weighted by Gasteiger charge is -2.17. The van der Waals surface area contributed by atoms with Crippen LogP contribution in [-0.2, 0) is 9.59 Å². The van der Waals surface area contributed by atoms with Gasteiger partial charge in [-0.1, -0.05) is 0 Å². The Balaban J connectivity index is 1.49. The smallest absolute Gasteiger partial charge is 0.244 e. The number of rotatable bonds is 3. The minimum Gasteiger partial charge on any atom is -0.454 e. The lowest BCUT2D eigenvalue weighted by molar-refractivity contribution is -0.123. The number of hydrogen-bond donors (Lipinski definition) is 2. The Labute approximate surface area is 141 Å². The molecule has 2 aromatic rings. The topological polar surface area (TPSA) is 101 Å². The zero-order valence-corrected chi connectivity index (χ0v) is 13.2. The maximum atomic E-state index is 12.3. The fourth-order valence-electron chi connectivity index (χ4n) is 2.72. The molecule has 24 heavy (non-hydrogen) atoms. The molecule has 1 aromatic carbocycles.